The van der Waals surface area contributed by atoms with Crippen LogP contribution in [-0.4, -0.2) is 47.5 Å². The number of ketones is 1. The predicted octanol–water partition coefficient (Wildman–Crippen LogP) is 7.14. The molecule has 0 spiro atoms. The fourth-order valence-corrected chi connectivity index (χ4v) is 5.00. The van der Waals surface area contributed by atoms with Crippen LogP contribution in [0, 0.1) is 0 Å². The minimum atomic E-state index is -0.890. The van der Waals surface area contributed by atoms with E-state index in [4.69, 9.17) is 58.0 Å². The zero-order chi connectivity index (χ0) is 28.8. The zero-order valence-corrected chi connectivity index (χ0v) is 24.8. The van der Waals surface area contributed by atoms with Crippen LogP contribution in [0.1, 0.15) is 16.7 Å². The van der Waals surface area contributed by atoms with Gasteiger partial charge < -0.3 is 10.2 Å². The van der Waals surface area contributed by atoms with Gasteiger partial charge in [-0.25, -0.2) is 0 Å². The van der Waals surface area contributed by atoms with Crippen LogP contribution in [0.5, 0.6) is 0 Å². The van der Waals surface area contributed by atoms with Crippen LogP contribution in [0.15, 0.2) is 77.9 Å². The number of hydrogen-bond acceptors (Lipinski definition) is 3. The molecule has 5 nitrogen and oxygen atoms in total. The molecule has 0 saturated carbocycles. The van der Waals surface area contributed by atoms with Gasteiger partial charge in [0, 0.05) is 30.7 Å². The van der Waals surface area contributed by atoms with Crippen LogP contribution in [0.2, 0.25) is 20.1 Å². The number of amides is 2. The number of Topliss-reactive ketones (excluding diaryl/α,β-unsaturated/α-hetero) is 1. The average Bonchev–Trinajstić information content (AvgIpc) is 2.94. The Balaban J connectivity index is 1.73. The number of halogens is 5. The van der Waals surface area contributed by atoms with E-state index >= 15 is 0 Å². The third-order valence-corrected chi connectivity index (χ3v) is 7.94. The highest BCUT2D eigenvalue weighted by molar-refractivity contribution is 6.42. The molecule has 1 N–H and O–H groups in total. The second-order valence-electron chi connectivity index (χ2n) is 9.15. The molecule has 206 valence electrons. The lowest BCUT2D eigenvalue weighted by Gasteiger charge is -2.33. The number of benzene rings is 3. The van der Waals surface area contributed by atoms with Gasteiger partial charge in [-0.2, -0.15) is 0 Å². The summed E-state index contributed by atoms with van der Waals surface area (Å²) in [6.45, 7) is 0.0529. The molecule has 1 heterocycles. The number of piperidine rings is 1. The molecule has 1 fully saturated rings. The molecule has 0 aliphatic carbocycles. The highest BCUT2D eigenvalue weighted by Crippen LogP contribution is 2.28. The Morgan fingerprint density at radius 3 is 1.80 bits per heavy atom. The van der Waals surface area contributed by atoms with E-state index < -0.39 is 11.9 Å². The minimum Gasteiger partial charge on any atom is -0.343 e. The SMILES string of the molecule is O=C(CCl)N[C@H](Cc1ccccc1)C(=O)N1CC(=Cc2ccc(Cl)c(Cl)c2)C(=O)C(=Cc2ccc(Cl)c(Cl)c2)C1. The predicted molar refractivity (Wildman–Crippen MR) is 163 cm³/mol. The van der Waals surface area contributed by atoms with Gasteiger partial charge in [0.05, 0.1) is 20.1 Å². The third kappa shape index (κ3) is 7.68. The Morgan fingerprint density at radius 1 is 0.800 bits per heavy atom. The van der Waals surface area contributed by atoms with E-state index in [0.29, 0.717) is 42.4 Å². The molecule has 1 aliphatic heterocycles. The largest absolute Gasteiger partial charge is 0.343 e. The van der Waals surface area contributed by atoms with E-state index in [9.17, 15) is 14.4 Å². The van der Waals surface area contributed by atoms with E-state index in [1.807, 2.05) is 30.3 Å². The maximum absolute atomic E-state index is 13.9. The van der Waals surface area contributed by atoms with Crippen molar-refractivity contribution in [3.05, 3.63) is 115 Å². The first kappa shape index (κ1) is 30.2. The summed E-state index contributed by atoms with van der Waals surface area (Å²) >= 11 is 30.3. The van der Waals surface area contributed by atoms with Crippen LogP contribution >= 0.6 is 58.0 Å². The van der Waals surface area contributed by atoms with Gasteiger partial charge in [0.1, 0.15) is 11.9 Å². The Bertz CT molecular complexity index is 1430. The molecule has 0 unspecified atom stereocenters. The lowest BCUT2D eigenvalue weighted by molar-refractivity contribution is -0.136. The van der Waals surface area contributed by atoms with Gasteiger partial charge >= 0.3 is 0 Å². The van der Waals surface area contributed by atoms with Crippen molar-refractivity contribution in [3.63, 3.8) is 0 Å². The van der Waals surface area contributed by atoms with E-state index in [1.165, 1.54) is 4.90 Å². The first-order valence-electron chi connectivity index (χ1n) is 12.2. The monoisotopic (exact) mass is 634 g/mol. The first-order chi connectivity index (χ1) is 19.1. The third-order valence-electron chi connectivity index (χ3n) is 6.22. The fraction of sp³-hybridized carbons (Fsp3) is 0.167. The summed E-state index contributed by atoms with van der Waals surface area (Å²) in [5.74, 6) is -1.34. The topological polar surface area (TPSA) is 66.5 Å². The second-order valence-corrected chi connectivity index (χ2v) is 11.0. The molecule has 3 aromatic rings. The smallest absolute Gasteiger partial charge is 0.246 e. The zero-order valence-electron chi connectivity index (χ0n) is 21.0. The Labute approximate surface area is 257 Å². The average molecular weight is 637 g/mol. The minimum absolute atomic E-state index is 0.0264. The molecule has 0 aromatic heterocycles. The molecule has 3 aromatic carbocycles. The molecular weight excluding hydrogens is 614 g/mol. The standard InChI is InChI=1S/C30H23Cl5N2O3/c31-15-28(38)36-27(14-18-4-2-1-3-5-18)30(40)37-16-21(10-19-6-8-23(32)25(34)12-19)29(39)22(17-37)11-20-7-9-24(33)26(35)13-20/h1-13,27H,14-17H2,(H,36,38)/t27-/m1/s1. The number of carbonyl (C=O) groups excluding carboxylic acids is 3. The molecule has 1 saturated heterocycles. The van der Waals surface area contributed by atoms with Crippen LogP contribution in [0.25, 0.3) is 12.2 Å². The first-order valence-corrected chi connectivity index (χ1v) is 14.2. The van der Waals surface area contributed by atoms with Gasteiger partial charge in [0.25, 0.3) is 0 Å². The normalized spacial score (nSPS) is 16.3. The highest BCUT2D eigenvalue weighted by atomic mass is 35.5. The lowest BCUT2D eigenvalue weighted by Crippen LogP contribution is -2.53. The van der Waals surface area contributed by atoms with E-state index in [2.05, 4.69) is 5.32 Å². The van der Waals surface area contributed by atoms with Crippen molar-refractivity contribution < 1.29 is 14.4 Å². The molecular formula is C30H23Cl5N2O3. The van der Waals surface area contributed by atoms with Crippen molar-refractivity contribution in [2.24, 2.45) is 0 Å². The van der Waals surface area contributed by atoms with Gasteiger partial charge in [-0.3, -0.25) is 14.4 Å². The molecule has 10 heteroatoms. The van der Waals surface area contributed by atoms with Gasteiger partial charge in [-0.05, 0) is 53.1 Å². The molecule has 0 radical (unpaired) electrons. The van der Waals surface area contributed by atoms with Crippen LogP contribution < -0.4 is 5.32 Å². The van der Waals surface area contributed by atoms with Crippen molar-refractivity contribution in [1.82, 2.24) is 10.2 Å². The van der Waals surface area contributed by atoms with E-state index in [0.717, 1.165) is 5.56 Å². The Kier molecular flexibility index (Phi) is 10.3. The number of alkyl halides is 1. The van der Waals surface area contributed by atoms with Crippen LogP contribution in [0.4, 0.5) is 0 Å². The molecule has 2 amide bonds. The number of rotatable bonds is 7. The summed E-state index contributed by atoms with van der Waals surface area (Å²) in [4.78, 5) is 41.3. The summed E-state index contributed by atoms with van der Waals surface area (Å²) in [7, 11) is 0. The molecule has 4 rings (SSSR count). The molecule has 1 aliphatic rings. The maximum Gasteiger partial charge on any atom is 0.246 e. The summed E-state index contributed by atoms with van der Waals surface area (Å²) in [6.07, 6.45) is 3.61. The summed E-state index contributed by atoms with van der Waals surface area (Å²) in [5, 5.41) is 4.17. The quantitative estimate of drug-likeness (QED) is 0.221. The number of hydrogen-bond donors (Lipinski definition) is 1. The summed E-state index contributed by atoms with van der Waals surface area (Å²) < 4.78 is 0. The van der Waals surface area contributed by atoms with Gasteiger partial charge in [-0.1, -0.05) is 88.9 Å². The highest BCUT2D eigenvalue weighted by Gasteiger charge is 2.33. The molecule has 1 atom stereocenters. The molecule has 0 bridgehead atoms. The van der Waals surface area contributed by atoms with E-state index in [-0.39, 0.29) is 37.1 Å². The van der Waals surface area contributed by atoms with Crippen molar-refractivity contribution in [1.29, 1.82) is 0 Å². The fourth-order valence-electron chi connectivity index (χ4n) is 4.31. The number of carbonyl (C=O) groups is 3. The van der Waals surface area contributed by atoms with Crippen molar-refractivity contribution in [2.75, 3.05) is 19.0 Å². The number of nitrogens with zero attached hydrogens (tertiary/aromatic N) is 1. The lowest BCUT2D eigenvalue weighted by atomic mass is 9.93. The number of nitrogens with one attached hydrogen (secondary N) is 1. The van der Waals surface area contributed by atoms with Crippen molar-refractivity contribution >= 4 is 87.8 Å². The second kappa shape index (κ2) is 13.7. The Morgan fingerprint density at radius 2 is 1.32 bits per heavy atom. The summed E-state index contributed by atoms with van der Waals surface area (Å²) in [6, 6.07) is 18.5. The van der Waals surface area contributed by atoms with Crippen LogP contribution in [-0.2, 0) is 20.8 Å². The van der Waals surface area contributed by atoms with Gasteiger partial charge in [-0.15, -0.1) is 11.6 Å². The Hall–Kier alpha value is -2.80. The van der Waals surface area contributed by atoms with Gasteiger partial charge in [0.15, 0.2) is 5.78 Å². The van der Waals surface area contributed by atoms with E-state index in [1.54, 1.807) is 48.6 Å². The number of likely N-dealkylation sites (tertiary alicyclic amines) is 1. The molecule has 40 heavy (non-hydrogen) atoms. The van der Waals surface area contributed by atoms with Crippen LogP contribution in [0.3, 0.4) is 0 Å². The van der Waals surface area contributed by atoms with Crippen molar-refractivity contribution in [2.45, 2.75) is 12.5 Å². The summed E-state index contributed by atoms with van der Waals surface area (Å²) in [5.41, 5.74) is 2.90. The van der Waals surface area contributed by atoms with Crippen molar-refractivity contribution in [3.8, 4) is 0 Å². The van der Waals surface area contributed by atoms with Gasteiger partial charge in [0.2, 0.25) is 11.8 Å². The maximum atomic E-state index is 13.9.